The fourth-order valence-corrected chi connectivity index (χ4v) is 6.95. The topological polar surface area (TPSA) is 76.1 Å². The zero-order valence-corrected chi connectivity index (χ0v) is 34.4. The predicted octanol–water partition coefficient (Wildman–Crippen LogP) is 12.4. The number of nitrogens with zero attached hydrogens (tertiary/aromatic N) is 1. The van der Waals surface area contributed by atoms with Crippen LogP contribution in [0.15, 0.2) is 0 Å². The van der Waals surface area contributed by atoms with Crippen molar-refractivity contribution in [2.75, 3.05) is 39.5 Å². The van der Waals surface area contributed by atoms with Crippen LogP contribution in [-0.4, -0.2) is 61.4 Å². The molecule has 0 saturated heterocycles. The Morgan fingerprint density at radius 2 is 1.02 bits per heavy atom. The molecule has 0 rings (SSSR count). The van der Waals surface area contributed by atoms with Crippen LogP contribution in [-0.2, 0) is 19.1 Å². The van der Waals surface area contributed by atoms with Gasteiger partial charge in [0.15, 0.2) is 0 Å². The van der Waals surface area contributed by atoms with Crippen LogP contribution >= 0.6 is 0 Å². The first kappa shape index (κ1) is 48.9. The van der Waals surface area contributed by atoms with Gasteiger partial charge in [0.2, 0.25) is 0 Å². The van der Waals surface area contributed by atoms with Crippen LogP contribution in [0.5, 0.6) is 0 Å². The van der Waals surface area contributed by atoms with Crippen molar-refractivity contribution in [3.05, 3.63) is 0 Å². The highest BCUT2D eigenvalue weighted by Crippen LogP contribution is 2.27. The van der Waals surface area contributed by atoms with E-state index < -0.39 is 5.41 Å². The van der Waals surface area contributed by atoms with Crippen molar-refractivity contribution < 1.29 is 24.2 Å². The smallest absolute Gasteiger partial charge is 0.311 e. The first-order valence-electron chi connectivity index (χ1n) is 22.0. The maximum absolute atomic E-state index is 13.0. The van der Waals surface area contributed by atoms with E-state index in [0.717, 1.165) is 90.3 Å². The largest absolute Gasteiger partial charge is 0.466 e. The average molecular weight is 710 g/mol. The highest BCUT2D eigenvalue weighted by molar-refractivity contribution is 5.75. The lowest BCUT2D eigenvalue weighted by molar-refractivity contribution is -0.154. The quantitative estimate of drug-likeness (QED) is 0.0506. The summed E-state index contributed by atoms with van der Waals surface area (Å²) in [5.74, 6) is 0.631. The Bertz CT molecular complexity index is 730. The molecule has 1 N–H and O–H groups in total. The molecule has 0 aliphatic heterocycles. The molecule has 0 heterocycles. The van der Waals surface area contributed by atoms with Crippen LogP contribution in [0, 0.1) is 11.3 Å². The number of esters is 2. The molecule has 0 aromatic rings. The van der Waals surface area contributed by atoms with Gasteiger partial charge in [-0.1, -0.05) is 162 Å². The SMILES string of the molecule is CCCCCCCCCOC(=O)CCCCCCCN(CCO)CCCCCCC(C)(C)C(=O)OCCC(CCCCCC)CCCCCC. The molecule has 0 radical (unpaired) electrons. The highest BCUT2D eigenvalue weighted by atomic mass is 16.5. The Morgan fingerprint density at radius 3 is 1.58 bits per heavy atom. The zero-order chi connectivity index (χ0) is 37.0. The first-order valence-corrected chi connectivity index (χ1v) is 22.0. The molecule has 0 aromatic heterocycles. The number of aliphatic hydroxyl groups excluding tert-OH is 1. The molecule has 0 spiro atoms. The second kappa shape index (κ2) is 36.2. The Kier molecular flexibility index (Phi) is 35.4. The lowest BCUT2D eigenvalue weighted by Gasteiger charge is -2.24. The van der Waals surface area contributed by atoms with Crippen molar-refractivity contribution >= 4 is 11.9 Å². The van der Waals surface area contributed by atoms with Crippen LogP contribution in [0.2, 0.25) is 0 Å². The monoisotopic (exact) mass is 710 g/mol. The van der Waals surface area contributed by atoms with Crippen LogP contribution in [0.25, 0.3) is 0 Å². The lowest BCUT2D eigenvalue weighted by Crippen LogP contribution is -2.29. The second-order valence-electron chi connectivity index (χ2n) is 16.0. The lowest BCUT2D eigenvalue weighted by atomic mass is 9.87. The number of ether oxygens (including phenoxy) is 2. The molecular weight excluding hydrogens is 622 g/mol. The summed E-state index contributed by atoms with van der Waals surface area (Å²) >= 11 is 0. The summed E-state index contributed by atoms with van der Waals surface area (Å²) in [5.41, 5.74) is -0.422. The molecule has 0 saturated carbocycles. The van der Waals surface area contributed by atoms with E-state index in [1.165, 1.54) is 109 Å². The van der Waals surface area contributed by atoms with E-state index in [4.69, 9.17) is 9.47 Å². The summed E-state index contributed by atoms with van der Waals surface area (Å²) in [5, 5.41) is 9.56. The van der Waals surface area contributed by atoms with Crippen LogP contribution in [0.1, 0.15) is 221 Å². The van der Waals surface area contributed by atoms with Crippen LogP contribution < -0.4 is 0 Å². The molecule has 6 nitrogen and oxygen atoms in total. The van der Waals surface area contributed by atoms with Gasteiger partial charge < -0.3 is 19.5 Å². The van der Waals surface area contributed by atoms with E-state index in [9.17, 15) is 14.7 Å². The van der Waals surface area contributed by atoms with E-state index in [1.54, 1.807) is 0 Å². The Labute approximate surface area is 312 Å². The Balaban J connectivity index is 4.01. The molecule has 0 fully saturated rings. The Hall–Kier alpha value is -1.14. The number of carbonyl (C=O) groups excluding carboxylic acids is 2. The predicted molar refractivity (Wildman–Crippen MR) is 214 cm³/mol. The van der Waals surface area contributed by atoms with Gasteiger partial charge in [-0.3, -0.25) is 9.59 Å². The molecule has 0 amide bonds. The van der Waals surface area contributed by atoms with Gasteiger partial charge in [0, 0.05) is 13.0 Å². The minimum Gasteiger partial charge on any atom is -0.466 e. The summed E-state index contributed by atoms with van der Waals surface area (Å²) in [6.45, 7) is 15.0. The van der Waals surface area contributed by atoms with Crippen LogP contribution in [0.3, 0.4) is 0 Å². The summed E-state index contributed by atoms with van der Waals surface area (Å²) < 4.78 is 11.3. The van der Waals surface area contributed by atoms with E-state index in [2.05, 4.69) is 39.5 Å². The van der Waals surface area contributed by atoms with Gasteiger partial charge in [0.1, 0.15) is 0 Å². The fourth-order valence-electron chi connectivity index (χ4n) is 6.95. The zero-order valence-electron chi connectivity index (χ0n) is 34.4. The molecule has 6 heteroatoms. The third-order valence-corrected chi connectivity index (χ3v) is 10.6. The fraction of sp³-hybridized carbons (Fsp3) is 0.955. The van der Waals surface area contributed by atoms with E-state index >= 15 is 0 Å². The van der Waals surface area contributed by atoms with Gasteiger partial charge in [-0.2, -0.15) is 0 Å². The van der Waals surface area contributed by atoms with E-state index in [1.807, 2.05) is 0 Å². The second-order valence-corrected chi connectivity index (χ2v) is 16.0. The molecule has 0 aliphatic rings. The highest BCUT2D eigenvalue weighted by Gasteiger charge is 2.28. The Morgan fingerprint density at radius 1 is 0.540 bits per heavy atom. The van der Waals surface area contributed by atoms with Gasteiger partial charge in [-0.15, -0.1) is 0 Å². The number of hydrogen-bond donors (Lipinski definition) is 1. The van der Waals surface area contributed by atoms with E-state index in [-0.39, 0.29) is 18.5 Å². The third-order valence-electron chi connectivity index (χ3n) is 10.6. The van der Waals surface area contributed by atoms with Crippen molar-refractivity contribution in [1.82, 2.24) is 4.90 Å². The van der Waals surface area contributed by atoms with Gasteiger partial charge in [-0.25, -0.2) is 0 Å². The first-order chi connectivity index (χ1) is 24.3. The maximum Gasteiger partial charge on any atom is 0.311 e. The van der Waals surface area contributed by atoms with Crippen molar-refractivity contribution in [3.63, 3.8) is 0 Å². The average Bonchev–Trinajstić information content (AvgIpc) is 3.10. The number of hydrogen-bond acceptors (Lipinski definition) is 6. The van der Waals surface area contributed by atoms with E-state index in [0.29, 0.717) is 25.6 Å². The molecule has 0 aliphatic carbocycles. The molecular formula is C44H87NO5. The maximum atomic E-state index is 13.0. The molecule has 0 atom stereocenters. The number of rotatable bonds is 39. The summed E-state index contributed by atoms with van der Waals surface area (Å²) in [6.07, 6.45) is 34.0. The third kappa shape index (κ3) is 31.6. The minimum absolute atomic E-state index is 0.0268. The minimum atomic E-state index is -0.422. The molecule has 0 aromatic carbocycles. The molecule has 298 valence electrons. The summed E-state index contributed by atoms with van der Waals surface area (Å²) in [7, 11) is 0. The van der Waals surface area contributed by atoms with Crippen LogP contribution in [0.4, 0.5) is 0 Å². The molecule has 50 heavy (non-hydrogen) atoms. The van der Waals surface area contributed by atoms with Crippen molar-refractivity contribution in [2.24, 2.45) is 11.3 Å². The summed E-state index contributed by atoms with van der Waals surface area (Å²) in [4.78, 5) is 27.3. The number of carbonyl (C=O) groups is 2. The molecule has 0 unspecified atom stereocenters. The van der Waals surface area contributed by atoms with Crippen molar-refractivity contribution in [3.8, 4) is 0 Å². The van der Waals surface area contributed by atoms with Gasteiger partial charge in [0.05, 0.1) is 25.2 Å². The molecule has 0 bridgehead atoms. The van der Waals surface area contributed by atoms with Gasteiger partial charge in [0.25, 0.3) is 0 Å². The van der Waals surface area contributed by atoms with Gasteiger partial charge >= 0.3 is 11.9 Å². The van der Waals surface area contributed by atoms with Crippen molar-refractivity contribution in [2.45, 2.75) is 221 Å². The van der Waals surface area contributed by atoms with Crippen molar-refractivity contribution in [1.29, 1.82) is 0 Å². The summed E-state index contributed by atoms with van der Waals surface area (Å²) in [6, 6.07) is 0. The number of unbranched alkanes of at least 4 members (excludes halogenated alkanes) is 19. The van der Waals surface area contributed by atoms with Gasteiger partial charge in [-0.05, 0) is 71.4 Å². The number of aliphatic hydroxyl groups is 1. The normalized spacial score (nSPS) is 11.9. The standard InChI is InChI=1S/C44H87NO5/c1-6-9-12-15-16-22-29-39-49-42(47)32-25-18-17-20-27-35-45(37-38-46)36-28-21-19-26-34-44(4,5)43(48)50-40-33-41(30-23-13-10-7-2)31-24-14-11-8-3/h41,46H,6-40H2,1-5H3.